The summed E-state index contributed by atoms with van der Waals surface area (Å²) in [5.41, 5.74) is 2.76. The van der Waals surface area contributed by atoms with Crippen LogP contribution in [0.2, 0.25) is 0 Å². The zero-order chi connectivity index (χ0) is 14.4. The fourth-order valence-corrected chi connectivity index (χ4v) is 2.87. The maximum Gasteiger partial charge on any atom is 0.0802 e. The van der Waals surface area contributed by atoms with Crippen LogP contribution in [-0.2, 0) is 11.3 Å². The van der Waals surface area contributed by atoms with Gasteiger partial charge in [0.25, 0.3) is 0 Å². The molecule has 1 aliphatic rings. The first-order valence-electron chi connectivity index (χ1n) is 7.83. The van der Waals surface area contributed by atoms with E-state index in [1.54, 1.807) is 0 Å². The van der Waals surface area contributed by atoms with Crippen LogP contribution >= 0.6 is 0 Å². The average molecular weight is 276 g/mol. The van der Waals surface area contributed by atoms with Crippen molar-refractivity contribution in [3.63, 3.8) is 0 Å². The van der Waals surface area contributed by atoms with E-state index in [0.29, 0.717) is 0 Å². The highest BCUT2D eigenvalue weighted by molar-refractivity contribution is 5.47. The van der Waals surface area contributed by atoms with Gasteiger partial charge in [-0.25, -0.2) is 0 Å². The summed E-state index contributed by atoms with van der Waals surface area (Å²) < 4.78 is 5.62. The smallest absolute Gasteiger partial charge is 0.0802 e. The Labute approximate surface area is 123 Å². The molecular weight excluding hydrogens is 248 g/mol. The number of nitrogens with zero attached hydrogens (tertiary/aromatic N) is 1. The molecule has 0 heterocycles. The minimum Gasteiger partial charge on any atom is -0.377 e. The molecule has 20 heavy (non-hydrogen) atoms. The molecule has 1 aromatic carbocycles. The van der Waals surface area contributed by atoms with Crippen LogP contribution in [-0.4, -0.2) is 32.3 Å². The Morgan fingerprint density at radius 2 is 1.80 bits per heavy atom. The number of rotatable bonds is 8. The van der Waals surface area contributed by atoms with Crippen molar-refractivity contribution in [3.8, 4) is 0 Å². The predicted octanol–water partition coefficient (Wildman–Crippen LogP) is 3.19. The van der Waals surface area contributed by atoms with Gasteiger partial charge in [-0.2, -0.15) is 0 Å². The van der Waals surface area contributed by atoms with Gasteiger partial charge in [0.1, 0.15) is 0 Å². The second-order valence-corrected chi connectivity index (χ2v) is 5.68. The highest BCUT2D eigenvalue weighted by Gasteiger charge is 2.36. The SMILES string of the molecule is CCN(CC)c1ccc(CNCC2(OC)CCC2)cc1. The minimum atomic E-state index is 0.112. The number of hydrogen-bond donors (Lipinski definition) is 1. The van der Waals surface area contributed by atoms with E-state index in [1.165, 1.54) is 30.5 Å². The summed E-state index contributed by atoms with van der Waals surface area (Å²) in [4.78, 5) is 2.37. The average Bonchev–Trinajstić information content (AvgIpc) is 2.45. The van der Waals surface area contributed by atoms with Crippen molar-refractivity contribution in [1.82, 2.24) is 5.32 Å². The van der Waals surface area contributed by atoms with Gasteiger partial charge in [0.05, 0.1) is 5.60 Å². The van der Waals surface area contributed by atoms with Crippen LogP contribution in [0.3, 0.4) is 0 Å². The van der Waals surface area contributed by atoms with Crippen LogP contribution in [0.25, 0.3) is 0 Å². The van der Waals surface area contributed by atoms with Crippen LogP contribution in [0.15, 0.2) is 24.3 Å². The second-order valence-electron chi connectivity index (χ2n) is 5.68. The fraction of sp³-hybridized carbons (Fsp3) is 0.647. The predicted molar refractivity (Wildman–Crippen MR) is 85.3 cm³/mol. The molecule has 0 radical (unpaired) electrons. The van der Waals surface area contributed by atoms with Gasteiger partial charge in [-0.3, -0.25) is 0 Å². The van der Waals surface area contributed by atoms with E-state index < -0.39 is 0 Å². The molecule has 0 aromatic heterocycles. The molecule has 1 fully saturated rings. The molecule has 1 aliphatic carbocycles. The van der Waals surface area contributed by atoms with Gasteiger partial charge < -0.3 is 15.0 Å². The van der Waals surface area contributed by atoms with E-state index in [0.717, 1.165) is 26.2 Å². The monoisotopic (exact) mass is 276 g/mol. The van der Waals surface area contributed by atoms with Crippen LogP contribution in [0.1, 0.15) is 38.7 Å². The number of benzene rings is 1. The fourth-order valence-electron chi connectivity index (χ4n) is 2.87. The standard InChI is InChI=1S/C17H28N2O/c1-4-19(5-2)16-9-7-15(8-10-16)13-18-14-17(20-3)11-6-12-17/h7-10,18H,4-6,11-14H2,1-3H3. The zero-order valence-corrected chi connectivity index (χ0v) is 13.1. The van der Waals surface area contributed by atoms with Crippen molar-refractivity contribution in [2.45, 2.75) is 45.3 Å². The maximum atomic E-state index is 5.62. The first kappa shape index (κ1) is 15.3. The Bertz CT molecular complexity index is 388. The van der Waals surface area contributed by atoms with Crippen molar-refractivity contribution in [1.29, 1.82) is 0 Å². The van der Waals surface area contributed by atoms with E-state index in [4.69, 9.17) is 4.74 Å². The molecule has 3 heteroatoms. The van der Waals surface area contributed by atoms with Crippen molar-refractivity contribution in [3.05, 3.63) is 29.8 Å². The van der Waals surface area contributed by atoms with E-state index in [-0.39, 0.29) is 5.60 Å². The molecule has 2 rings (SSSR count). The Hall–Kier alpha value is -1.06. The van der Waals surface area contributed by atoms with Crippen molar-refractivity contribution >= 4 is 5.69 Å². The molecular formula is C17H28N2O. The molecule has 0 bridgehead atoms. The lowest BCUT2D eigenvalue weighted by Crippen LogP contribution is -2.47. The number of nitrogens with one attached hydrogen (secondary N) is 1. The van der Waals surface area contributed by atoms with E-state index in [1.807, 2.05) is 7.11 Å². The molecule has 0 spiro atoms. The Morgan fingerprint density at radius 3 is 2.25 bits per heavy atom. The largest absolute Gasteiger partial charge is 0.377 e. The van der Waals surface area contributed by atoms with E-state index >= 15 is 0 Å². The molecule has 0 saturated heterocycles. The summed E-state index contributed by atoms with van der Waals surface area (Å²) in [6.45, 7) is 8.39. The molecule has 1 aromatic rings. The topological polar surface area (TPSA) is 24.5 Å². The highest BCUT2D eigenvalue weighted by atomic mass is 16.5. The number of anilines is 1. The normalized spacial score (nSPS) is 16.8. The summed E-state index contributed by atoms with van der Waals surface area (Å²) in [5.74, 6) is 0. The third kappa shape index (κ3) is 3.53. The Kier molecular flexibility index (Phi) is 5.44. The minimum absolute atomic E-state index is 0.112. The van der Waals surface area contributed by atoms with Crippen molar-refractivity contribution < 1.29 is 4.74 Å². The van der Waals surface area contributed by atoms with E-state index in [2.05, 4.69) is 48.3 Å². The lowest BCUT2D eigenvalue weighted by molar-refractivity contribution is -0.0695. The Balaban J connectivity index is 1.81. The molecule has 0 amide bonds. The van der Waals surface area contributed by atoms with Gasteiger partial charge in [0.15, 0.2) is 0 Å². The first-order chi connectivity index (χ1) is 9.73. The van der Waals surface area contributed by atoms with Gasteiger partial charge in [0, 0.05) is 39.0 Å². The lowest BCUT2D eigenvalue weighted by Gasteiger charge is -2.40. The zero-order valence-electron chi connectivity index (χ0n) is 13.1. The highest BCUT2D eigenvalue weighted by Crippen LogP contribution is 2.34. The number of ether oxygens (including phenoxy) is 1. The van der Waals surface area contributed by atoms with Crippen molar-refractivity contribution in [2.75, 3.05) is 31.6 Å². The molecule has 0 unspecified atom stereocenters. The van der Waals surface area contributed by atoms with Gasteiger partial charge in [0.2, 0.25) is 0 Å². The first-order valence-corrected chi connectivity index (χ1v) is 7.83. The number of methoxy groups -OCH3 is 1. The van der Waals surface area contributed by atoms with Gasteiger partial charge >= 0.3 is 0 Å². The third-order valence-corrected chi connectivity index (χ3v) is 4.54. The van der Waals surface area contributed by atoms with Gasteiger partial charge in [-0.05, 0) is 50.8 Å². The van der Waals surface area contributed by atoms with Crippen molar-refractivity contribution in [2.24, 2.45) is 0 Å². The Morgan fingerprint density at radius 1 is 1.15 bits per heavy atom. The molecule has 0 aliphatic heterocycles. The maximum absolute atomic E-state index is 5.62. The van der Waals surface area contributed by atoms with E-state index in [9.17, 15) is 0 Å². The molecule has 0 atom stereocenters. The van der Waals surface area contributed by atoms with Crippen LogP contribution < -0.4 is 10.2 Å². The second kappa shape index (κ2) is 7.09. The lowest BCUT2D eigenvalue weighted by atomic mass is 9.80. The summed E-state index contributed by atoms with van der Waals surface area (Å²) in [6, 6.07) is 8.89. The summed E-state index contributed by atoms with van der Waals surface area (Å²) >= 11 is 0. The molecule has 1 N–H and O–H groups in total. The van der Waals surface area contributed by atoms with Gasteiger partial charge in [-0.1, -0.05) is 12.1 Å². The summed E-state index contributed by atoms with van der Waals surface area (Å²) in [5, 5.41) is 3.53. The number of hydrogen-bond acceptors (Lipinski definition) is 3. The molecule has 3 nitrogen and oxygen atoms in total. The third-order valence-electron chi connectivity index (χ3n) is 4.54. The van der Waals surface area contributed by atoms with Gasteiger partial charge in [-0.15, -0.1) is 0 Å². The molecule has 112 valence electrons. The quantitative estimate of drug-likeness (QED) is 0.789. The van der Waals surface area contributed by atoms with Crippen LogP contribution in [0.5, 0.6) is 0 Å². The summed E-state index contributed by atoms with van der Waals surface area (Å²) in [7, 11) is 1.83. The molecule has 1 saturated carbocycles. The summed E-state index contributed by atoms with van der Waals surface area (Å²) in [6.07, 6.45) is 3.68. The van der Waals surface area contributed by atoms with Crippen LogP contribution in [0.4, 0.5) is 5.69 Å². The van der Waals surface area contributed by atoms with Crippen LogP contribution in [0, 0.1) is 0 Å².